The van der Waals surface area contributed by atoms with Gasteiger partial charge in [-0.15, -0.1) is 0 Å². The van der Waals surface area contributed by atoms with Gasteiger partial charge in [-0.05, 0) is 23.8 Å². The molecule has 1 saturated heterocycles. The second kappa shape index (κ2) is 3.86. The molecule has 3 amide bonds. The minimum Gasteiger partial charge on any atom is -0.399 e. The number of urea groups is 1. The summed E-state index contributed by atoms with van der Waals surface area (Å²) in [5, 5.41) is 4.88. The van der Waals surface area contributed by atoms with Gasteiger partial charge in [0.1, 0.15) is 5.70 Å². The zero-order chi connectivity index (χ0) is 11.7. The van der Waals surface area contributed by atoms with Crippen LogP contribution in [0, 0.1) is 0 Å². The molecule has 6 heteroatoms. The van der Waals surface area contributed by atoms with Crippen molar-refractivity contribution < 1.29 is 9.59 Å². The highest BCUT2D eigenvalue weighted by atomic mass is 35.5. The monoisotopic (exact) mass is 237 g/mol. The van der Waals surface area contributed by atoms with E-state index < -0.39 is 11.9 Å². The quantitative estimate of drug-likeness (QED) is 0.389. The number of rotatable bonds is 1. The van der Waals surface area contributed by atoms with E-state index in [1.54, 1.807) is 18.2 Å². The summed E-state index contributed by atoms with van der Waals surface area (Å²) in [6.07, 6.45) is 1.49. The summed E-state index contributed by atoms with van der Waals surface area (Å²) in [4.78, 5) is 22.1. The van der Waals surface area contributed by atoms with Crippen molar-refractivity contribution in [3.8, 4) is 0 Å². The number of nitrogens with two attached hydrogens (primary N) is 1. The van der Waals surface area contributed by atoms with Crippen LogP contribution in [-0.2, 0) is 4.79 Å². The lowest BCUT2D eigenvalue weighted by Crippen LogP contribution is -2.22. The normalized spacial score (nSPS) is 17.4. The highest BCUT2D eigenvalue weighted by Gasteiger charge is 2.22. The molecule has 0 bridgehead atoms. The van der Waals surface area contributed by atoms with Crippen molar-refractivity contribution >= 4 is 35.3 Å². The smallest absolute Gasteiger partial charge is 0.326 e. The number of carbonyl (C=O) groups is 2. The Morgan fingerprint density at radius 2 is 2.00 bits per heavy atom. The maximum absolute atomic E-state index is 11.2. The molecule has 2 rings (SSSR count). The van der Waals surface area contributed by atoms with Gasteiger partial charge in [0, 0.05) is 10.7 Å². The standard InChI is InChI=1S/C10H8ClN3O2/c11-7-4-6(12)2-1-5(7)3-8-9(15)14-10(16)13-8/h1-4H,12H2,(H2,13,14,15,16)/b8-3+. The molecule has 1 heterocycles. The summed E-state index contributed by atoms with van der Waals surface area (Å²) in [7, 11) is 0. The predicted molar refractivity (Wildman–Crippen MR) is 60.5 cm³/mol. The first kappa shape index (κ1) is 10.5. The number of nitrogens with one attached hydrogen (secondary N) is 2. The van der Waals surface area contributed by atoms with Crippen LogP contribution in [-0.4, -0.2) is 11.9 Å². The van der Waals surface area contributed by atoms with Gasteiger partial charge in [-0.3, -0.25) is 10.1 Å². The summed E-state index contributed by atoms with van der Waals surface area (Å²) in [6.45, 7) is 0. The van der Waals surface area contributed by atoms with Crippen molar-refractivity contribution in [1.82, 2.24) is 10.6 Å². The number of carbonyl (C=O) groups excluding carboxylic acids is 2. The van der Waals surface area contributed by atoms with Crippen molar-refractivity contribution in [3.05, 3.63) is 34.5 Å². The van der Waals surface area contributed by atoms with Gasteiger partial charge >= 0.3 is 6.03 Å². The van der Waals surface area contributed by atoms with Crippen molar-refractivity contribution in [2.45, 2.75) is 0 Å². The van der Waals surface area contributed by atoms with Crippen LogP contribution in [0.25, 0.3) is 6.08 Å². The van der Waals surface area contributed by atoms with Crippen LogP contribution in [0.3, 0.4) is 0 Å². The molecule has 16 heavy (non-hydrogen) atoms. The Labute approximate surface area is 96.3 Å². The molecule has 1 aliphatic rings. The van der Waals surface area contributed by atoms with Crippen LogP contribution in [0.1, 0.15) is 5.56 Å². The summed E-state index contributed by atoms with van der Waals surface area (Å²) < 4.78 is 0. The molecule has 0 spiro atoms. The first-order chi connectivity index (χ1) is 7.56. The molecule has 0 radical (unpaired) electrons. The van der Waals surface area contributed by atoms with Crippen LogP contribution in [0.5, 0.6) is 0 Å². The summed E-state index contributed by atoms with van der Waals surface area (Å²) >= 11 is 5.92. The molecule has 5 nitrogen and oxygen atoms in total. The molecule has 0 aliphatic carbocycles. The lowest BCUT2D eigenvalue weighted by atomic mass is 10.1. The second-order valence-corrected chi connectivity index (χ2v) is 3.65. The third-order valence-corrected chi connectivity index (χ3v) is 2.37. The average Bonchev–Trinajstić information content (AvgIpc) is 2.50. The molecular formula is C10H8ClN3O2. The molecular weight excluding hydrogens is 230 g/mol. The highest BCUT2D eigenvalue weighted by Crippen LogP contribution is 2.21. The van der Waals surface area contributed by atoms with Gasteiger partial charge in [-0.1, -0.05) is 17.7 Å². The first-order valence-corrected chi connectivity index (χ1v) is 4.83. The van der Waals surface area contributed by atoms with Gasteiger partial charge < -0.3 is 11.1 Å². The number of hydrogen-bond donors (Lipinski definition) is 3. The van der Waals surface area contributed by atoms with Gasteiger partial charge in [0.15, 0.2) is 0 Å². The minimum atomic E-state index is -0.539. The summed E-state index contributed by atoms with van der Waals surface area (Å²) in [5.41, 5.74) is 6.84. The van der Waals surface area contributed by atoms with Gasteiger partial charge in [0.25, 0.3) is 5.91 Å². The molecule has 1 aliphatic heterocycles. The Kier molecular flexibility index (Phi) is 2.54. The lowest BCUT2D eigenvalue weighted by molar-refractivity contribution is -0.115. The van der Waals surface area contributed by atoms with Gasteiger partial charge in [-0.25, -0.2) is 4.79 Å². The van der Waals surface area contributed by atoms with E-state index >= 15 is 0 Å². The fourth-order valence-corrected chi connectivity index (χ4v) is 1.54. The van der Waals surface area contributed by atoms with E-state index in [1.807, 2.05) is 0 Å². The number of benzene rings is 1. The van der Waals surface area contributed by atoms with E-state index in [4.69, 9.17) is 17.3 Å². The second-order valence-electron chi connectivity index (χ2n) is 3.25. The van der Waals surface area contributed by atoms with Crippen LogP contribution in [0.2, 0.25) is 5.02 Å². The minimum absolute atomic E-state index is 0.164. The molecule has 0 aromatic heterocycles. The number of anilines is 1. The molecule has 0 unspecified atom stereocenters. The van der Waals surface area contributed by atoms with E-state index in [-0.39, 0.29) is 5.70 Å². The maximum Gasteiger partial charge on any atom is 0.326 e. The van der Waals surface area contributed by atoms with Gasteiger partial charge in [0.05, 0.1) is 0 Å². The number of nitrogen functional groups attached to an aromatic ring is 1. The van der Waals surface area contributed by atoms with Crippen molar-refractivity contribution in [2.75, 3.05) is 5.73 Å². The van der Waals surface area contributed by atoms with Crippen molar-refractivity contribution in [3.63, 3.8) is 0 Å². The van der Waals surface area contributed by atoms with Crippen LogP contribution < -0.4 is 16.4 Å². The van der Waals surface area contributed by atoms with Crippen molar-refractivity contribution in [1.29, 1.82) is 0 Å². The Hall–Kier alpha value is -2.01. The van der Waals surface area contributed by atoms with Gasteiger partial charge in [0.2, 0.25) is 0 Å². The summed E-state index contributed by atoms with van der Waals surface area (Å²) in [6, 6.07) is 4.36. The number of imide groups is 1. The molecule has 1 aromatic carbocycles. The lowest BCUT2D eigenvalue weighted by Gasteiger charge is -2.00. The fraction of sp³-hybridized carbons (Fsp3) is 0. The molecule has 1 aromatic rings. The molecule has 1 fully saturated rings. The van der Waals surface area contributed by atoms with E-state index in [0.717, 1.165) is 0 Å². The molecule has 4 N–H and O–H groups in total. The molecule has 0 saturated carbocycles. The zero-order valence-corrected chi connectivity index (χ0v) is 8.84. The Bertz CT molecular complexity index is 511. The highest BCUT2D eigenvalue weighted by molar-refractivity contribution is 6.32. The number of halogens is 1. The Balaban J connectivity index is 2.36. The van der Waals surface area contributed by atoms with E-state index in [1.165, 1.54) is 6.08 Å². The maximum atomic E-state index is 11.2. The SMILES string of the molecule is Nc1ccc(/C=C2/NC(=O)NC2=O)c(Cl)c1. The topological polar surface area (TPSA) is 84.2 Å². The third kappa shape index (κ3) is 1.99. The van der Waals surface area contributed by atoms with Crippen LogP contribution in [0.4, 0.5) is 10.5 Å². The molecule has 0 atom stereocenters. The number of hydrogen-bond acceptors (Lipinski definition) is 3. The number of amides is 3. The Morgan fingerprint density at radius 1 is 1.25 bits per heavy atom. The fourth-order valence-electron chi connectivity index (χ4n) is 1.30. The Morgan fingerprint density at radius 3 is 2.56 bits per heavy atom. The first-order valence-electron chi connectivity index (χ1n) is 4.45. The van der Waals surface area contributed by atoms with Crippen LogP contribution in [0.15, 0.2) is 23.9 Å². The average molecular weight is 238 g/mol. The van der Waals surface area contributed by atoms with Crippen molar-refractivity contribution in [2.24, 2.45) is 0 Å². The summed E-state index contributed by atoms with van der Waals surface area (Å²) in [5.74, 6) is -0.474. The zero-order valence-electron chi connectivity index (χ0n) is 8.08. The van der Waals surface area contributed by atoms with E-state index in [0.29, 0.717) is 16.3 Å². The van der Waals surface area contributed by atoms with E-state index in [9.17, 15) is 9.59 Å². The molecule has 82 valence electrons. The largest absolute Gasteiger partial charge is 0.399 e. The predicted octanol–water partition coefficient (Wildman–Crippen LogP) is 1.10. The van der Waals surface area contributed by atoms with E-state index in [2.05, 4.69) is 10.6 Å². The van der Waals surface area contributed by atoms with Crippen LogP contribution >= 0.6 is 11.6 Å². The van der Waals surface area contributed by atoms with Gasteiger partial charge in [-0.2, -0.15) is 0 Å². The third-order valence-electron chi connectivity index (χ3n) is 2.04.